The maximum Gasteiger partial charge on any atom is 0.167 e. The Bertz CT molecular complexity index is 3150. The van der Waals surface area contributed by atoms with Crippen LogP contribution in [0.3, 0.4) is 0 Å². The van der Waals surface area contributed by atoms with Crippen LogP contribution in [0.5, 0.6) is 5.75 Å². The smallest absolute Gasteiger partial charge is 0.167 e. The number of aromatic nitrogens is 3. The van der Waals surface area contributed by atoms with E-state index in [1.54, 1.807) is 0 Å². The fourth-order valence-electron chi connectivity index (χ4n) is 8.96. The summed E-state index contributed by atoms with van der Waals surface area (Å²) in [5, 5.41) is 4.61. The number of thiophene rings is 1. The molecule has 260 valence electrons. The summed E-state index contributed by atoms with van der Waals surface area (Å²) in [6.07, 6.45) is 9.52. The molecule has 9 aromatic rings. The largest absolute Gasteiger partial charge is 0.485 e. The van der Waals surface area contributed by atoms with Gasteiger partial charge >= 0.3 is 0 Å². The van der Waals surface area contributed by atoms with E-state index >= 15 is 0 Å². The second-order valence-corrected chi connectivity index (χ2v) is 15.6. The lowest BCUT2D eigenvalue weighted by molar-refractivity contribution is 0.271. The minimum atomic E-state index is -0.196. The monoisotopic (exact) mass is 725 g/mol. The number of furan rings is 1. The first kappa shape index (κ1) is 30.8. The molecule has 55 heavy (non-hydrogen) atoms. The van der Waals surface area contributed by atoms with Gasteiger partial charge in [0.2, 0.25) is 0 Å². The molecule has 3 aliphatic rings. The van der Waals surface area contributed by atoms with Gasteiger partial charge in [0.25, 0.3) is 0 Å². The Morgan fingerprint density at radius 1 is 0.600 bits per heavy atom. The molecule has 2 aliphatic carbocycles. The SMILES string of the molecule is C1=CC2Oc3ccccc3C2C(c2nc(-c3cccc4c3oc3ccccc34)nc(C3C=Cc4ccccc4C3)n2)=C1c1cccc2sc3ccccc3c12. The summed E-state index contributed by atoms with van der Waals surface area (Å²) in [6.45, 7) is 0. The quantitative estimate of drug-likeness (QED) is 0.181. The zero-order chi connectivity index (χ0) is 36.0. The van der Waals surface area contributed by atoms with Crippen molar-refractivity contribution < 1.29 is 9.15 Å². The van der Waals surface area contributed by atoms with Gasteiger partial charge in [-0.3, -0.25) is 0 Å². The molecule has 0 saturated carbocycles. The van der Waals surface area contributed by atoms with Crippen LogP contribution in [0.4, 0.5) is 0 Å². The highest BCUT2D eigenvalue weighted by atomic mass is 32.1. The molecule has 0 spiro atoms. The Hall–Kier alpha value is -6.63. The number of hydrogen-bond donors (Lipinski definition) is 0. The van der Waals surface area contributed by atoms with Crippen LogP contribution in [-0.4, -0.2) is 21.1 Å². The predicted octanol–water partition coefficient (Wildman–Crippen LogP) is 12.2. The molecule has 0 amide bonds. The van der Waals surface area contributed by atoms with Crippen molar-refractivity contribution in [3.05, 3.63) is 186 Å². The van der Waals surface area contributed by atoms with Gasteiger partial charge in [0.05, 0.1) is 11.5 Å². The molecule has 3 aromatic heterocycles. The molecule has 12 rings (SSSR count). The van der Waals surface area contributed by atoms with Crippen molar-refractivity contribution in [2.45, 2.75) is 24.4 Å². The summed E-state index contributed by atoms with van der Waals surface area (Å²) in [5.41, 5.74) is 9.43. The molecule has 5 nitrogen and oxygen atoms in total. The van der Waals surface area contributed by atoms with E-state index in [1.165, 1.54) is 36.9 Å². The molecule has 1 aliphatic heterocycles. The number of ether oxygens (including phenoxy) is 1. The zero-order valence-corrected chi connectivity index (χ0v) is 30.3. The lowest BCUT2D eigenvalue weighted by Crippen LogP contribution is -2.23. The zero-order valence-electron chi connectivity index (χ0n) is 29.5. The van der Waals surface area contributed by atoms with Crippen LogP contribution in [0.15, 0.2) is 156 Å². The van der Waals surface area contributed by atoms with E-state index in [0.717, 1.165) is 62.2 Å². The van der Waals surface area contributed by atoms with Gasteiger partial charge in [0, 0.05) is 48.0 Å². The highest BCUT2D eigenvalue weighted by molar-refractivity contribution is 7.25. The van der Waals surface area contributed by atoms with E-state index in [9.17, 15) is 0 Å². The van der Waals surface area contributed by atoms with Crippen LogP contribution in [0.1, 0.15) is 45.7 Å². The number of fused-ring (bicyclic) bond motifs is 10. The molecule has 3 atom stereocenters. The Kier molecular flexibility index (Phi) is 6.68. The van der Waals surface area contributed by atoms with Crippen LogP contribution in [-0.2, 0) is 6.42 Å². The minimum Gasteiger partial charge on any atom is -0.485 e. The van der Waals surface area contributed by atoms with Crippen molar-refractivity contribution in [2.75, 3.05) is 0 Å². The second kappa shape index (κ2) is 11.9. The Morgan fingerprint density at radius 2 is 1.36 bits per heavy atom. The molecular weight excluding hydrogens is 695 g/mol. The van der Waals surface area contributed by atoms with Gasteiger partial charge in [-0.05, 0) is 65.1 Å². The Morgan fingerprint density at radius 3 is 2.35 bits per heavy atom. The van der Waals surface area contributed by atoms with Gasteiger partial charge in [-0.25, -0.2) is 15.0 Å². The van der Waals surface area contributed by atoms with Crippen molar-refractivity contribution in [3.8, 4) is 17.1 Å². The van der Waals surface area contributed by atoms with Gasteiger partial charge in [0.1, 0.15) is 28.8 Å². The number of rotatable bonds is 4. The summed E-state index contributed by atoms with van der Waals surface area (Å²) in [6, 6.07) is 46.8. The number of allylic oxidation sites excluding steroid dienone is 3. The fraction of sp³-hybridized carbons (Fsp3) is 0.0816. The summed E-state index contributed by atoms with van der Waals surface area (Å²) < 4.78 is 15.8. The van der Waals surface area contributed by atoms with Crippen molar-refractivity contribution in [1.82, 2.24) is 15.0 Å². The third-order valence-electron chi connectivity index (χ3n) is 11.5. The average molecular weight is 726 g/mol. The lowest BCUT2D eigenvalue weighted by Gasteiger charge is -2.27. The van der Waals surface area contributed by atoms with E-state index in [0.29, 0.717) is 11.6 Å². The molecule has 0 bridgehead atoms. The molecule has 0 saturated heterocycles. The number of hydrogen-bond acceptors (Lipinski definition) is 6. The van der Waals surface area contributed by atoms with Crippen molar-refractivity contribution in [3.63, 3.8) is 0 Å². The van der Waals surface area contributed by atoms with E-state index in [2.05, 4.69) is 140 Å². The molecule has 6 aromatic carbocycles. The normalized spacial score (nSPS) is 18.6. The van der Waals surface area contributed by atoms with Crippen LogP contribution in [0.2, 0.25) is 0 Å². The number of nitrogens with zero attached hydrogens (tertiary/aromatic N) is 3. The maximum atomic E-state index is 6.67. The lowest BCUT2D eigenvalue weighted by atomic mass is 9.78. The third kappa shape index (κ3) is 4.74. The number of para-hydroxylation sites is 3. The summed E-state index contributed by atoms with van der Waals surface area (Å²) >= 11 is 1.83. The fourth-order valence-corrected chi connectivity index (χ4v) is 10.1. The van der Waals surface area contributed by atoms with Gasteiger partial charge in [-0.1, -0.05) is 121 Å². The van der Waals surface area contributed by atoms with Gasteiger partial charge in [-0.2, -0.15) is 0 Å². The van der Waals surface area contributed by atoms with E-state index in [1.807, 2.05) is 29.5 Å². The topological polar surface area (TPSA) is 61.0 Å². The van der Waals surface area contributed by atoms with Gasteiger partial charge in [0.15, 0.2) is 11.6 Å². The first-order chi connectivity index (χ1) is 27.2. The van der Waals surface area contributed by atoms with Crippen LogP contribution < -0.4 is 4.74 Å². The molecule has 6 heteroatoms. The van der Waals surface area contributed by atoms with E-state index < -0.39 is 0 Å². The van der Waals surface area contributed by atoms with Crippen LogP contribution >= 0.6 is 11.3 Å². The first-order valence-corrected chi connectivity index (χ1v) is 19.6. The van der Waals surface area contributed by atoms with Crippen LogP contribution in [0.25, 0.3) is 70.7 Å². The molecule has 0 fully saturated rings. The highest BCUT2D eigenvalue weighted by Crippen LogP contribution is 2.52. The molecule has 0 N–H and O–H groups in total. The summed E-state index contributed by atoms with van der Waals surface area (Å²) in [7, 11) is 0. The minimum absolute atomic E-state index is 0.0411. The van der Waals surface area contributed by atoms with Crippen molar-refractivity contribution in [2.24, 2.45) is 0 Å². The molecule has 4 heterocycles. The van der Waals surface area contributed by atoms with Crippen molar-refractivity contribution in [1.29, 1.82) is 0 Å². The average Bonchev–Trinajstić information content (AvgIpc) is 3.94. The van der Waals surface area contributed by atoms with E-state index in [4.69, 9.17) is 24.1 Å². The second-order valence-electron chi connectivity index (χ2n) is 14.6. The first-order valence-electron chi connectivity index (χ1n) is 18.8. The highest BCUT2D eigenvalue weighted by Gasteiger charge is 2.41. The summed E-state index contributed by atoms with van der Waals surface area (Å²) in [4.78, 5) is 16.3. The molecule has 0 radical (unpaired) electrons. The van der Waals surface area contributed by atoms with Crippen LogP contribution in [0, 0.1) is 0 Å². The van der Waals surface area contributed by atoms with E-state index in [-0.39, 0.29) is 17.9 Å². The third-order valence-corrected chi connectivity index (χ3v) is 12.6. The van der Waals surface area contributed by atoms with Gasteiger partial charge < -0.3 is 9.15 Å². The molecular formula is C49H31N3O2S. The Labute approximate surface area is 320 Å². The molecule has 3 unspecified atom stereocenters. The van der Waals surface area contributed by atoms with Gasteiger partial charge in [-0.15, -0.1) is 11.3 Å². The summed E-state index contributed by atoms with van der Waals surface area (Å²) in [5.74, 6) is 2.73. The Balaban J connectivity index is 1.16. The standard InChI is InChI=1S/C49H31N3O2S/c1-2-12-29-27-30(24-23-28(29)11-1)47-50-48(37-18-9-17-34-31-13-3-6-19-38(31)54-46(34)37)52-49(51-47)45-33(25-26-40-44(45)35-14-4-7-20-39(35)53-40)32-16-10-22-42-43(32)36-15-5-8-21-41(36)55-42/h1-26,30,40,44H,27H2. The van der Waals surface area contributed by atoms with Crippen molar-refractivity contribution >= 4 is 70.7 Å². The predicted molar refractivity (Wildman–Crippen MR) is 223 cm³/mol. The maximum absolute atomic E-state index is 6.67. The number of benzene rings is 6.